The highest BCUT2D eigenvalue weighted by Gasteiger charge is 2.25. The van der Waals surface area contributed by atoms with Crippen LogP contribution in [0.3, 0.4) is 0 Å². The minimum atomic E-state index is 0.695. The molecule has 0 bridgehead atoms. The van der Waals surface area contributed by atoms with Crippen LogP contribution in [0.1, 0.15) is 0 Å². The molecule has 0 atom stereocenters. The minimum absolute atomic E-state index is 0.695. The first kappa shape index (κ1) is 84.3. The van der Waals surface area contributed by atoms with Crippen LogP contribution in [0, 0.1) is 0 Å². The highest BCUT2D eigenvalue weighted by Crippen LogP contribution is 2.49. The highest BCUT2D eigenvalue weighted by molar-refractivity contribution is 6.31. The van der Waals surface area contributed by atoms with Crippen LogP contribution in [0.25, 0.3) is 307 Å². The molecule has 0 spiro atoms. The Kier molecular flexibility index (Phi) is 19.9. The first-order valence-corrected chi connectivity index (χ1v) is 50.1. The molecule has 7 heteroatoms. The second-order valence-corrected chi connectivity index (χ2v) is 38.5. The van der Waals surface area contributed by atoms with E-state index in [1.54, 1.807) is 0 Å². The van der Waals surface area contributed by atoms with E-state index in [4.69, 9.17) is 34.3 Å². The summed E-state index contributed by atoms with van der Waals surface area (Å²) in [6.07, 6.45) is 0. The third kappa shape index (κ3) is 14.5. The maximum atomic E-state index is 6.31. The van der Waals surface area contributed by atoms with Crippen molar-refractivity contribution in [3.63, 3.8) is 0 Å². The monoisotopic (exact) mass is 1860 g/mol. The molecule has 31 rings (SSSR count). The number of benzene rings is 27. The second-order valence-electron chi connectivity index (χ2n) is 38.5. The number of nitrogens with zero attached hydrogens (tertiary/aromatic N) is 6. The molecule has 0 unspecified atom stereocenters. The number of fused-ring (bicyclic) bond motifs is 29. The average Bonchev–Trinajstić information content (AvgIpc) is 0.858. The van der Waals surface area contributed by atoms with Gasteiger partial charge in [-0.2, -0.15) is 0 Å². The van der Waals surface area contributed by atoms with Crippen molar-refractivity contribution >= 4 is 205 Å². The second kappa shape index (κ2) is 34.7. The SMILES string of the molecule is c1ccc(-c2nc(-c3ccc4ccccc4c3)c3ccc(-c4ccc5c(ccc6ccc7c8ccccc8ccc7c65)c4)cc3n2)cc1.c1ccc(-c2nc(-c3ccc4ccccc4c3)c3ccc(-c4cccc5c4ccc4ccc6c7ccccc7ccc6c45)cc3n2)cc1.c1ccc(-c2nc(-c3cccc4oc5ccccc5c34)c3ccc(-c4cc5ccc6ccccc6c5c5ccc6ccccc6c45)cc3n2)cc1. The Labute approximate surface area is 844 Å². The Bertz CT molecular complexity index is 10900. The summed E-state index contributed by atoms with van der Waals surface area (Å²) in [6, 6.07) is 182. The maximum Gasteiger partial charge on any atom is 0.160 e. The largest absolute Gasteiger partial charge is 0.456 e. The third-order valence-electron chi connectivity index (χ3n) is 30.1. The molecule has 147 heavy (non-hydrogen) atoms. The lowest BCUT2D eigenvalue weighted by Gasteiger charge is -2.16. The predicted octanol–water partition coefficient (Wildman–Crippen LogP) is 37.9. The van der Waals surface area contributed by atoms with Crippen molar-refractivity contribution in [1.29, 1.82) is 0 Å². The molecule has 0 saturated carbocycles. The van der Waals surface area contributed by atoms with Crippen molar-refractivity contribution in [1.82, 2.24) is 29.9 Å². The summed E-state index contributed by atoms with van der Waals surface area (Å²) in [4.78, 5) is 31.2. The summed E-state index contributed by atoms with van der Waals surface area (Å²) < 4.78 is 6.31. The van der Waals surface area contributed by atoms with Crippen molar-refractivity contribution in [2.45, 2.75) is 0 Å². The standard InChI is InChI=1S/C48H28N2O.2C46H28N2/c1-2-13-31(14-3-1)48-49-41-28-32(24-25-36(41)47(50-48)39-18-10-20-43-46(39)37-17-8-9-19-42(37)51-43)40-27-33-22-21-29-11-4-6-15-34(29)44(33)38-26-23-30-12-5-7-16-35(30)45(38)40;1-2-11-32(12-3-1)46-47-43-28-34(22-26-42(43)45(48-46)35-18-17-29-9-4-5-13-33(29)27-35)37-15-8-16-40-39(37)24-21-31-20-23-38-36-14-7-6-10-30(36)19-25-41(38)44(31)40;1-2-10-32(11-3-1)46-47-43-28-35(21-25-42(43)45(48-46)37-17-14-29-8-4-5-12-33(29)27-37)34-20-22-39-36(26-34)16-15-31-19-23-40-38-13-7-6-9-30(38)18-24-41(40)44(31)39/h1-28H;2*1-28H. The Hall–Kier alpha value is -19.6. The third-order valence-corrected chi connectivity index (χ3v) is 30.1. The fourth-order valence-corrected chi connectivity index (χ4v) is 23.0. The Morgan fingerprint density at radius 2 is 0.442 bits per heavy atom. The summed E-state index contributed by atoms with van der Waals surface area (Å²) in [5.41, 5.74) is 20.4. The average molecular weight is 1870 g/mol. The molecular weight excluding hydrogens is 1780 g/mol. The lowest BCUT2D eigenvalue weighted by Crippen LogP contribution is -1.96. The number of hydrogen-bond acceptors (Lipinski definition) is 7. The molecule has 0 aliphatic rings. The van der Waals surface area contributed by atoms with E-state index < -0.39 is 0 Å². The molecule has 31 aromatic rings. The lowest BCUT2D eigenvalue weighted by atomic mass is 9.88. The summed E-state index contributed by atoms with van der Waals surface area (Å²) in [7, 11) is 0. The molecule has 0 N–H and O–H groups in total. The van der Waals surface area contributed by atoms with Crippen LogP contribution >= 0.6 is 0 Å². The number of aromatic nitrogens is 6. The first-order chi connectivity index (χ1) is 72.8. The number of rotatable bonds is 9. The number of para-hydroxylation sites is 1. The topological polar surface area (TPSA) is 90.5 Å². The molecular formula is C140H84N6O. The van der Waals surface area contributed by atoms with Gasteiger partial charge in [0.2, 0.25) is 0 Å². The Morgan fingerprint density at radius 3 is 1.01 bits per heavy atom. The van der Waals surface area contributed by atoms with Crippen LogP contribution in [0.5, 0.6) is 0 Å². The molecule has 0 saturated heterocycles. The van der Waals surface area contributed by atoms with Gasteiger partial charge in [-0.1, -0.05) is 437 Å². The van der Waals surface area contributed by atoms with Gasteiger partial charge >= 0.3 is 0 Å². The van der Waals surface area contributed by atoms with Crippen LogP contribution in [0.4, 0.5) is 0 Å². The van der Waals surface area contributed by atoms with Crippen molar-refractivity contribution in [3.8, 4) is 101 Å². The number of hydrogen-bond donors (Lipinski definition) is 0. The van der Waals surface area contributed by atoms with Gasteiger partial charge in [0.15, 0.2) is 17.5 Å². The van der Waals surface area contributed by atoms with Crippen LogP contribution in [-0.2, 0) is 0 Å². The summed E-state index contributed by atoms with van der Waals surface area (Å²) in [6.45, 7) is 0. The van der Waals surface area contributed by atoms with Crippen molar-refractivity contribution in [3.05, 3.63) is 510 Å². The van der Waals surface area contributed by atoms with Gasteiger partial charge < -0.3 is 4.42 Å². The summed E-state index contributed by atoms with van der Waals surface area (Å²) >= 11 is 0. The first-order valence-electron chi connectivity index (χ1n) is 50.1. The van der Waals surface area contributed by atoms with Gasteiger partial charge in [-0.15, -0.1) is 0 Å². The fraction of sp³-hybridized carbons (Fsp3) is 0. The predicted molar refractivity (Wildman–Crippen MR) is 620 cm³/mol. The summed E-state index contributed by atoms with van der Waals surface area (Å²) in [5, 5.41) is 40.4. The zero-order valence-electron chi connectivity index (χ0n) is 79.6. The van der Waals surface area contributed by atoms with Gasteiger partial charge in [0.1, 0.15) is 11.2 Å². The van der Waals surface area contributed by atoms with Crippen LogP contribution in [0.2, 0.25) is 0 Å². The maximum absolute atomic E-state index is 6.31. The number of furan rings is 1. The normalized spacial score (nSPS) is 11.8. The van der Waals surface area contributed by atoms with Crippen LogP contribution < -0.4 is 0 Å². The smallest absolute Gasteiger partial charge is 0.160 e. The van der Waals surface area contributed by atoms with E-state index in [0.717, 1.165) is 133 Å². The van der Waals surface area contributed by atoms with E-state index in [9.17, 15) is 0 Å². The van der Waals surface area contributed by atoms with E-state index in [1.807, 2.05) is 72.8 Å². The van der Waals surface area contributed by atoms with Gasteiger partial charge in [-0.25, -0.2) is 29.9 Å². The van der Waals surface area contributed by atoms with E-state index in [1.165, 1.54) is 168 Å². The molecule has 0 fully saturated rings. The van der Waals surface area contributed by atoms with Gasteiger partial charge in [-0.05, 0) is 257 Å². The zero-order chi connectivity index (χ0) is 96.7. The van der Waals surface area contributed by atoms with Gasteiger partial charge in [-0.3, -0.25) is 0 Å². The fourth-order valence-electron chi connectivity index (χ4n) is 23.0. The van der Waals surface area contributed by atoms with Crippen molar-refractivity contribution in [2.24, 2.45) is 0 Å². The molecule has 7 nitrogen and oxygen atoms in total. The molecule has 680 valence electrons. The minimum Gasteiger partial charge on any atom is -0.456 e. The van der Waals surface area contributed by atoms with Gasteiger partial charge in [0.05, 0.1) is 33.6 Å². The van der Waals surface area contributed by atoms with Crippen LogP contribution in [-0.4, -0.2) is 29.9 Å². The Morgan fingerprint density at radius 1 is 0.122 bits per heavy atom. The highest BCUT2D eigenvalue weighted by atomic mass is 16.3. The van der Waals surface area contributed by atoms with E-state index >= 15 is 0 Å². The van der Waals surface area contributed by atoms with E-state index in [0.29, 0.717) is 5.82 Å². The van der Waals surface area contributed by atoms with Crippen LogP contribution in [0.15, 0.2) is 514 Å². The molecule has 0 aliphatic carbocycles. The van der Waals surface area contributed by atoms with Gasteiger partial charge in [0.25, 0.3) is 0 Å². The quantitative estimate of drug-likeness (QED) is 0.133. The zero-order valence-corrected chi connectivity index (χ0v) is 79.6. The van der Waals surface area contributed by atoms with E-state index in [-0.39, 0.29) is 0 Å². The lowest BCUT2D eigenvalue weighted by molar-refractivity contribution is 0.669. The van der Waals surface area contributed by atoms with Crippen molar-refractivity contribution in [2.75, 3.05) is 0 Å². The summed E-state index contributed by atoms with van der Waals surface area (Å²) in [5.74, 6) is 2.15. The van der Waals surface area contributed by atoms with E-state index in [2.05, 4.69) is 437 Å². The molecule has 4 heterocycles. The Balaban J connectivity index is 0.000000104. The van der Waals surface area contributed by atoms with Crippen molar-refractivity contribution < 1.29 is 4.42 Å². The molecule has 0 amide bonds. The van der Waals surface area contributed by atoms with Gasteiger partial charge in [0, 0.05) is 60.3 Å². The molecule has 0 radical (unpaired) electrons. The molecule has 0 aliphatic heterocycles. The molecule has 27 aromatic carbocycles. The molecule has 4 aromatic heterocycles.